The molecule has 0 atom stereocenters. The number of nitrogens with zero attached hydrogens (tertiary/aromatic N) is 2. The summed E-state index contributed by atoms with van der Waals surface area (Å²) in [6, 6.07) is 18.9. The topological polar surface area (TPSA) is 15.7 Å². The number of benzene rings is 2. The Morgan fingerprint density at radius 1 is 0.808 bits per heavy atom. The van der Waals surface area contributed by atoms with E-state index >= 15 is 0 Å². The summed E-state index contributed by atoms with van der Waals surface area (Å²) in [4.78, 5) is 5.20. The maximum Gasteiger partial charge on any atom is 0.119 e. The average Bonchev–Trinajstić information content (AvgIpc) is 2.87. The van der Waals surface area contributed by atoms with Crippen molar-refractivity contribution in [2.75, 3.05) is 32.7 Å². The van der Waals surface area contributed by atoms with E-state index in [1.54, 1.807) is 0 Å². The fourth-order valence-electron chi connectivity index (χ4n) is 3.57. The molecule has 3 nitrogen and oxygen atoms in total. The minimum Gasteiger partial charge on any atom is -0.489 e. The van der Waals surface area contributed by atoms with Crippen molar-refractivity contribution < 1.29 is 4.74 Å². The smallest absolute Gasteiger partial charge is 0.119 e. The van der Waals surface area contributed by atoms with Crippen LogP contribution in [0.1, 0.15) is 31.4 Å². The molecular formula is C23H32N2O. The second-order valence-electron chi connectivity index (χ2n) is 7.74. The molecule has 26 heavy (non-hydrogen) atoms. The number of hydrogen-bond acceptors (Lipinski definition) is 3. The molecule has 1 heterocycles. The van der Waals surface area contributed by atoms with Crippen LogP contribution in [-0.4, -0.2) is 42.5 Å². The van der Waals surface area contributed by atoms with E-state index < -0.39 is 0 Å². The van der Waals surface area contributed by atoms with Crippen LogP contribution in [-0.2, 0) is 13.2 Å². The molecule has 0 N–H and O–H groups in total. The van der Waals surface area contributed by atoms with Crippen LogP contribution in [0.3, 0.4) is 0 Å². The molecule has 0 spiro atoms. The molecule has 2 aromatic carbocycles. The van der Waals surface area contributed by atoms with E-state index in [2.05, 4.69) is 60.0 Å². The summed E-state index contributed by atoms with van der Waals surface area (Å²) in [6.45, 7) is 12.3. The monoisotopic (exact) mass is 352 g/mol. The van der Waals surface area contributed by atoms with E-state index in [1.165, 1.54) is 50.3 Å². The molecule has 1 aliphatic rings. The van der Waals surface area contributed by atoms with Gasteiger partial charge in [0.15, 0.2) is 0 Å². The molecule has 2 aromatic rings. The summed E-state index contributed by atoms with van der Waals surface area (Å²) in [7, 11) is 0. The third-order valence-corrected chi connectivity index (χ3v) is 4.88. The minimum atomic E-state index is 0.623. The van der Waals surface area contributed by atoms with E-state index in [0.717, 1.165) is 18.2 Å². The predicted octanol–water partition coefficient (Wildman–Crippen LogP) is 4.43. The number of hydrogen-bond donors (Lipinski definition) is 0. The molecule has 3 rings (SSSR count). The summed E-state index contributed by atoms with van der Waals surface area (Å²) in [5.41, 5.74) is 2.57. The third kappa shape index (κ3) is 6.15. The zero-order valence-corrected chi connectivity index (χ0v) is 16.2. The molecule has 0 saturated carbocycles. The lowest BCUT2D eigenvalue weighted by atomic mass is 10.2. The van der Waals surface area contributed by atoms with Gasteiger partial charge >= 0.3 is 0 Å². The summed E-state index contributed by atoms with van der Waals surface area (Å²) >= 11 is 0. The van der Waals surface area contributed by atoms with Gasteiger partial charge < -0.3 is 9.64 Å². The Morgan fingerprint density at radius 3 is 2.23 bits per heavy atom. The molecule has 0 aromatic heterocycles. The SMILES string of the molecule is CC(C)CN1CCCN(Cc2ccc(OCc3ccccc3)cc2)CC1. The molecule has 140 valence electrons. The van der Waals surface area contributed by atoms with Crippen molar-refractivity contribution in [2.45, 2.75) is 33.4 Å². The van der Waals surface area contributed by atoms with Crippen LogP contribution in [0.2, 0.25) is 0 Å². The Morgan fingerprint density at radius 2 is 1.50 bits per heavy atom. The first kappa shape index (κ1) is 18.9. The van der Waals surface area contributed by atoms with E-state index in [-0.39, 0.29) is 0 Å². The normalized spacial score (nSPS) is 16.6. The van der Waals surface area contributed by atoms with Gasteiger partial charge in [-0.1, -0.05) is 56.3 Å². The van der Waals surface area contributed by atoms with Crippen LogP contribution in [0.25, 0.3) is 0 Å². The molecule has 3 heteroatoms. The quantitative estimate of drug-likeness (QED) is 0.733. The van der Waals surface area contributed by atoms with E-state index in [9.17, 15) is 0 Å². The van der Waals surface area contributed by atoms with Crippen molar-refractivity contribution in [3.63, 3.8) is 0 Å². The average molecular weight is 353 g/mol. The fraction of sp³-hybridized carbons (Fsp3) is 0.478. The Labute approximate surface area is 158 Å². The first-order valence-corrected chi connectivity index (χ1v) is 9.89. The Hall–Kier alpha value is -1.84. The lowest BCUT2D eigenvalue weighted by Crippen LogP contribution is -2.32. The molecule has 1 saturated heterocycles. The van der Waals surface area contributed by atoms with Gasteiger partial charge in [0.25, 0.3) is 0 Å². The van der Waals surface area contributed by atoms with Crippen LogP contribution in [0.5, 0.6) is 5.75 Å². The molecule has 0 amide bonds. The van der Waals surface area contributed by atoms with Crippen molar-refractivity contribution in [3.05, 3.63) is 65.7 Å². The molecule has 0 aliphatic carbocycles. The number of rotatable bonds is 7. The van der Waals surface area contributed by atoms with Gasteiger partial charge in [-0.3, -0.25) is 4.90 Å². The van der Waals surface area contributed by atoms with Crippen LogP contribution in [0.15, 0.2) is 54.6 Å². The van der Waals surface area contributed by atoms with E-state index in [1.807, 2.05) is 18.2 Å². The Kier molecular flexibility index (Phi) is 7.10. The second-order valence-corrected chi connectivity index (χ2v) is 7.74. The number of ether oxygens (including phenoxy) is 1. The van der Waals surface area contributed by atoms with Crippen LogP contribution >= 0.6 is 0 Å². The largest absolute Gasteiger partial charge is 0.489 e. The second kappa shape index (κ2) is 9.75. The first-order chi connectivity index (χ1) is 12.7. The zero-order chi connectivity index (χ0) is 18.2. The van der Waals surface area contributed by atoms with Crippen LogP contribution in [0.4, 0.5) is 0 Å². The zero-order valence-electron chi connectivity index (χ0n) is 16.2. The highest BCUT2D eigenvalue weighted by molar-refractivity contribution is 5.27. The summed E-state index contributed by atoms with van der Waals surface area (Å²) in [5, 5.41) is 0. The Bertz CT molecular complexity index is 639. The van der Waals surface area contributed by atoms with Crippen molar-refractivity contribution in [1.82, 2.24) is 9.80 Å². The third-order valence-electron chi connectivity index (χ3n) is 4.88. The van der Waals surface area contributed by atoms with E-state index in [0.29, 0.717) is 6.61 Å². The molecule has 1 aliphatic heterocycles. The maximum absolute atomic E-state index is 5.89. The first-order valence-electron chi connectivity index (χ1n) is 9.89. The standard InChI is InChI=1S/C23H32N2O/c1-20(2)17-24-13-6-14-25(16-15-24)18-21-9-11-23(12-10-21)26-19-22-7-4-3-5-8-22/h3-5,7-12,20H,6,13-19H2,1-2H3. The lowest BCUT2D eigenvalue weighted by Gasteiger charge is -2.23. The van der Waals surface area contributed by atoms with Gasteiger partial charge in [0, 0.05) is 26.2 Å². The van der Waals surface area contributed by atoms with E-state index in [4.69, 9.17) is 4.74 Å². The predicted molar refractivity (Wildman–Crippen MR) is 108 cm³/mol. The molecule has 0 bridgehead atoms. The van der Waals surface area contributed by atoms with Gasteiger partial charge in [0.05, 0.1) is 0 Å². The van der Waals surface area contributed by atoms with Crippen molar-refractivity contribution in [2.24, 2.45) is 5.92 Å². The van der Waals surface area contributed by atoms with Crippen molar-refractivity contribution in [3.8, 4) is 5.75 Å². The molecule has 1 fully saturated rings. The highest BCUT2D eigenvalue weighted by Crippen LogP contribution is 2.16. The van der Waals surface area contributed by atoms with Crippen LogP contribution in [0, 0.1) is 5.92 Å². The molecule has 0 radical (unpaired) electrons. The van der Waals surface area contributed by atoms with Gasteiger partial charge in [-0.2, -0.15) is 0 Å². The summed E-state index contributed by atoms with van der Waals surface area (Å²) in [6.07, 6.45) is 1.27. The highest BCUT2D eigenvalue weighted by atomic mass is 16.5. The highest BCUT2D eigenvalue weighted by Gasteiger charge is 2.15. The molecule has 0 unspecified atom stereocenters. The van der Waals surface area contributed by atoms with Crippen molar-refractivity contribution in [1.29, 1.82) is 0 Å². The molecular weight excluding hydrogens is 320 g/mol. The van der Waals surface area contributed by atoms with Crippen LogP contribution < -0.4 is 4.74 Å². The summed E-state index contributed by atoms with van der Waals surface area (Å²) < 4.78 is 5.89. The van der Waals surface area contributed by atoms with Gasteiger partial charge in [-0.25, -0.2) is 0 Å². The van der Waals surface area contributed by atoms with Gasteiger partial charge in [-0.15, -0.1) is 0 Å². The fourth-order valence-corrected chi connectivity index (χ4v) is 3.57. The lowest BCUT2D eigenvalue weighted by molar-refractivity contribution is 0.235. The van der Waals surface area contributed by atoms with Gasteiger partial charge in [0.1, 0.15) is 12.4 Å². The summed E-state index contributed by atoms with van der Waals surface area (Å²) in [5.74, 6) is 1.70. The van der Waals surface area contributed by atoms with Gasteiger partial charge in [-0.05, 0) is 48.7 Å². The Balaban J connectivity index is 1.46. The van der Waals surface area contributed by atoms with Crippen molar-refractivity contribution >= 4 is 0 Å². The minimum absolute atomic E-state index is 0.623. The maximum atomic E-state index is 5.89. The van der Waals surface area contributed by atoms with Gasteiger partial charge in [0.2, 0.25) is 0 Å².